The van der Waals surface area contributed by atoms with Gasteiger partial charge in [0.05, 0.1) is 5.92 Å². The van der Waals surface area contributed by atoms with Crippen molar-refractivity contribution in [3.05, 3.63) is 0 Å². The normalized spacial score (nSPS) is 26.7. The molecule has 0 aromatic carbocycles. The molecule has 3 nitrogen and oxygen atoms in total. The molecule has 6 heteroatoms. The number of nitrogens with two attached hydrogens (primary N) is 1. The van der Waals surface area contributed by atoms with Gasteiger partial charge in [-0.15, -0.1) is 0 Å². The Balaban J connectivity index is 2.48. The van der Waals surface area contributed by atoms with Crippen LogP contribution in [0.2, 0.25) is 0 Å². The topological polar surface area (TPSA) is 55.1 Å². The van der Waals surface area contributed by atoms with E-state index in [1.165, 1.54) is 0 Å². The first-order chi connectivity index (χ1) is 8.34. The fraction of sp³-hybridized carbons (Fsp3) is 0.917. The summed E-state index contributed by atoms with van der Waals surface area (Å²) in [5, 5.41) is 2.74. The van der Waals surface area contributed by atoms with E-state index in [0.717, 1.165) is 0 Å². The second-order valence-electron chi connectivity index (χ2n) is 5.09. The average Bonchev–Trinajstić information content (AvgIpc) is 2.28. The summed E-state index contributed by atoms with van der Waals surface area (Å²) in [5.74, 6) is -2.10. The molecule has 0 radical (unpaired) electrons. The largest absolute Gasteiger partial charge is 0.391 e. The minimum absolute atomic E-state index is 0.0752. The summed E-state index contributed by atoms with van der Waals surface area (Å²) < 4.78 is 37.8. The number of hydrogen-bond donors (Lipinski definition) is 2. The fourth-order valence-corrected chi connectivity index (χ4v) is 2.41. The van der Waals surface area contributed by atoms with Gasteiger partial charge in [0, 0.05) is 12.0 Å². The maximum absolute atomic E-state index is 12.6. The van der Waals surface area contributed by atoms with E-state index < -0.39 is 18.0 Å². The summed E-state index contributed by atoms with van der Waals surface area (Å²) in [6.45, 7) is 2.27. The van der Waals surface area contributed by atoms with Crippen LogP contribution in [-0.4, -0.2) is 24.7 Å². The van der Waals surface area contributed by atoms with Gasteiger partial charge < -0.3 is 11.1 Å². The number of carbonyl (C=O) groups excluding carboxylic acids is 1. The maximum Gasteiger partial charge on any atom is 0.391 e. The van der Waals surface area contributed by atoms with Crippen LogP contribution < -0.4 is 11.1 Å². The second kappa shape index (κ2) is 6.41. The molecular weight excluding hydrogens is 245 g/mol. The van der Waals surface area contributed by atoms with Crippen molar-refractivity contribution < 1.29 is 18.0 Å². The first kappa shape index (κ1) is 15.3. The van der Waals surface area contributed by atoms with Crippen LogP contribution in [0.5, 0.6) is 0 Å². The van der Waals surface area contributed by atoms with Crippen LogP contribution in [0.4, 0.5) is 13.2 Å². The third-order valence-corrected chi connectivity index (χ3v) is 3.50. The number of carbonyl (C=O) groups is 1. The highest BCUT2D eigenvalue weighted by Gasteiger charge is 2.43. The highest BCUT2D eigenvalue weighted by atomic mass is 19.4. The van der Waals surface area contributed by atoms with Crippen molar-refractivity contribution in [3.8, 4) is 0 Å². The van der Waals surface area contributed by atoms with Gasteiger partial charge in [0.2, 0.25) is 5.91 Å². The SMILES string of the molecule is CC(CCN)NC(=O)C1CCCC(C(F)(F)F)C1. The molecule has 3 N–H and O–H groups in total. The molecule has 0 spiro atoms. The van der Waals surface area contributed by atoms with E-state index in [1.54, 1.807) is 0 Å². The van der Waals surface area contributed by atoms with Crippen LogP contribution in [-0.2, 0) is 4.79 Å². The zero-order valence-electron chi connectivity index (χ0n) is 10.6. The Bertz CT molecular complexity index is 281. The smallest absolute Gasteiger partial charge is 0.353 e. The molecule has 0 aromatic rings. The van der Waals surface area contributed by atoms with E-state index in [4.69, 9.17) is 5.73 Å². The minimum Gasteiger partial charge on any atom is -0.353 e. The molecule has 18 heavy (non-hydrogen) atoms. The lowest BCUT2D eigenvalue weighted by Gasteiger charge is -2.30. The molecule has 1 fully saturated rings. The van der Waals surface area contributed by atoms with Gasteiger partial charge in [-0.05, 0) is 39.2 Å². The highest BCUT2D eigenvalue weighted by molar-refractivity contribution is 5.79. The second-order valence-corrected chi connectivity index (χ2v) is 5.09. The van der Waals surface area contributed by atoms with Crippen molar-refractivity contribution in [1.29, 1.82) is 0 Å². The molecule has 1 saturated carbocycles. The Morgan fingerprint density at radius 1 is 1.44 bits per heavy atom. The number of hydrogen-bond acceptors (Lipinski definition) is 2. The van der Waals surface area contributed by atoms with E-state index in [2.05, 4.69) is 5.32 Å². The predicted octanol–water partition coefficient (Wildman–Crippen LogP) is 2.21. The van der Waals surface area contributed by atoms with Crippen LogP contribution >= 0.6 is 0 Å². The van der Waals surface area contributed by atoms with Crippen LogP contribution in [0.3, 0.4) is 0 Å². The molecule has 0 aliphatic heterocycles. The van der Waals surface area contributed by atoms with Gasteiger partial charge in [-0.1, -0.05) is 6.42 Å². The summed E-state index contributed by atoms with van der Waals surface area (Å²) in [6, 6.07) is -0.0752. The summed E-state index contributed by atoms with van der Waals surface area (Å²) >= 11 is 0. The first-order valence-corrected chi connectivity index (χ1v) is 6.41. The quantitative estimate of drug-likeness (QED) is 0.819. The Kier molecular flexibility index (Phi) is 5.44. The van der Waals surface area contributed by atoms with Gasteiger partial charge in [-0.2, -0.15) is 13.2 Å². The zero-order chi connectivity index (χ0) is 13.8. The highest BCUT2D eigenvalue weighted by Crippen LogP contribution is 2.39. The fourth-order valence-electron chi connectivity index (χ4n) is 2.41. The molecule has 0 heterocycles. The Hall–Kier alpha value is -0.780. The molecule has 1 rings (SSSR count). The van der Waals surface area contributed by atoms with Crippen molar-refractivity contribution in [3.63, 3.8) is 0 Å². The maximum atomic E-state index is 12.6. The molecule has 3 unspecified atom stereocenters. The average molecular weight is 266 g/mol. The molecule has 1 amide bonds. The van der Waals surface area contributed by atoms with Crippen molar-refractivity contribution >= 4 is 5.91 Å². The van der Waals surface area contributed by atoms with Gasteiger partial charge in [-0.25, -0.2) is 0 Å². The number of amides is 1. The Labute approximate surface area is 105 Å². The first-order valence-electron chi connectivity index (χ1n) is 6.41. The van der Waals surface area contributed by atoms with Gasteiger partial charge >= 0.3 is 6.18 Å². The lowest BCUT2D eigenvalue weighted by atomic mass is 9.80. The Morgan fingerprint density at radius 2 is 2.11 bits per heavy atom. The van der Waals surface area contributed by atoms with E-state index >= 15 is 0 Å². The van der Waals surface area contributed by atoms with E-state index in [0.29, 0.717) is 25.8 Å². The standard InChI is InChI=1S/C12H21F3N2O/c1-8(5-6-16)17-11(18)9-3-2-4-10(7-9)12(13,14)15/h8-10H,2-7,16H2,1H3,(H,17,18). The van der Waals surface area contributed by atoms with E-state index in [-0.39, 0.29) is 24.8 Å². The predicted molar refractivity (Wildman–Crippen MR) is 62.8 cm³/mol. The molecule has 106 valence electrons. The summed E-state index contributed by atoms with van der Waals surface area (Å²) in [4.78, 5) is 11.8. The summed E-state index contributed by atoms with van der Waals surface area (Å²) in [7, 11) is 0. The van der Waals surface area contributed by atoms with Crippen LogP contribution in [0.1, 0.15) is 39.0 Å². The van der Waals surface area contributed by atoms with Crippen molar-refractivity contribution in [2.24, 2.45) is 17.6 Å². The van der Waals surface area contributed by atoms with Crippen LogP contribution in [0.25, 0.3) is 0 Å². The van der Waals surface area contributed by atoms with Crippen molar-refractivity contribution in [2.45, 2.75) is 51.2 Å². The molecule has 1 aliphatic rings. The van der Waals surface area contributed by atoms with Gasteiger partial charge in [0.1, 0.15) is 0 Å². The van der Waals surface area contributed by atoms with E-state index in [1.807, 2.05) is 6.92 Å². The number of rotatable bonds is 4. The number of alkyl halides is 3. The third-order valence-electron chi connectivity index (χ3n) is 3.50. The lowest BCUT2D eigenvalue weighted by molar-refractivity contribution is -0.186. The molecule has 1 aliphatic carbocycles. The third kappa shape index (κ3) is 4.48. The minimum atomic E-state index is -4.18. The summed E-state index contributed by atoms with van der Waals surface area (Å²) in [5.41, 5.74) is 5.36. The van der Waals surface area contributed by atoms with Crippen molar-refractivity contribution in [2.75, 3.05) is 6.54 Å². The monoisotopic (exact) mass is 266 g/mol. The van der Waals surface area contributed by atoms with Gasteiger partial charge in [-0.3, -0.25) is 4.79 Å². The zero-order valence-corrected chi connectivity index (χ0v) is 10.6. The molecule has 0 aromatic heterocycles. The molecule has 3 atom stereocenters. The van der Waals surface area contributed by atoms with Crippen LogP contribution in [0.15, 0.2) is 0 Å². The van der Waals surface area contributed by atoms with Gasteiger partial charge in [0.25, 0.3) is 0 Å². The molecular formula is C12H21F3N2O. The molecule has 0 bridgehead atoms. The Morgan fingerprint density at radius 3 is 2.67 bits per heavy atom. The summed E-state index contributed by atoms with van der Waals surface area (Å²) in [6.07, 6.45) is -2.46. The van der Waals surface area contributed by atoms with Crippen molar-refractivity contribution in [1.82, 2.24) is 5.32 Å². The number of nitrogens with one attached hydrogen (secondary N) is 1. The van der Waals surface area contributed by atoms with Crippen LogP contribution in [0, 0.1) is 11.8 Å². The lowest BCUT2D eigenvalue weighted by Crippen LogP contribution is -2.41. The van der Waals surface area contributed by atoms with E-state index in [9.17, 15) is 18.0 Å². The number of halogens is 3. The molecule has 0 saturated heterocycles. The van der Waals surface area contributed by atoms with Gasteiger partial charge in [0.15, 0.2) is 0 Å².